The summed E-state index contributed by atoms with van der Waals surface area (Å²) in [6.45, 7) is 3.48. The normalized spacial score (nSPS) is 11.7. The fourth-order valence-electron chi connectivity index (χ4n) is 0.511. The van der Waals surface area contributed by atoms with Crippen LogP contribution in [-0.4, -0.2) is 18.6 Å². The molecule has 0 atom stereocenters. The molecule has 2 amide bonds. The molecule has 2 N–H and O–H groups in total. The molecule has 6 heteroatoms. The van der Waals surface area contributed by atoms with Crippen LogP contribution in [0, 0.1) is 0 Å². The molecule has 0 aliphatic rings. The Balaban J connectivity index is 4.16. The first-order chi connectivity index (χ1) is 6.06. The highest BCUT2D eigenvalue weighted by molar-refractivity contribution is 5.82. The second-order valence-corrected chi connectivity index (χ2v) is 2.08. The first-order valence-corrected chi connectivity index (χ1v) is 3.62. The van der Waals surface area contributed by atoms with Gasteiger partial charge < -0.3 is 10.5 Å². The van der Waals surface area contributed by atoms with Crippen molar-refractivity contribution in [1.29, 1.82) is 0 Å². The third-order valence-electron chi connectivity index (χ3n) is 0.920. The number of carbonyl (C=O) groups excluding carboxylic acids is 2. The van der Waals surface area contributed by atoms with Crippen molar-refractivity contribution < 1.29 is 14.3 Å². The predicted molar refractivity (Wildman–Crippen MR) is 44.8 cm³/mol. The Morgan fingerprint density at radius 3 is 2.54 bits per heavy atom. The van der Waals surface area contributed by atoms with E-state index in [9.17, 15) is 9.59 Å². The lowest BCUT2D eigenvalue weighted by Crippen LogP contribution is -2.03. The average Bonchev–Trinajstić information content (AvgIpc) is 2.01. The van der Waals surface area contributed by atoms with Crippen molar-refractivity contribution in [1.82, 2.24) is 0 Å². The molecule has 0 rings (SSSR count). The average molecular weight is 185 g/mol. The molecule has 0 aliphatic heterocycles. The predicted octanol–water partition coefficient (Wildman–Crippen LogP) is 0.984. The summed E-state index contributed by atoms with van der Waals surface area (Å²) < 4.78 is 4.59. The highest BCUT2D eigenvalue weighted by Gasteiger charge is 1.96. The summed E-state index contributed by atoms with van der Waals surface area (Å²) in [5.74, 6) is -0.525. The van der Waals surface area contributed by atoms with Crippen LogP contribution in [0.4, 0.5) is 4.79 Å². The first kappa shape index (κ1) is 11.3. The van der Waals surface area contributed by atoms with Gasteiger partial charge in [-0.05, 0) is 13.8 Å². The third-order valence-corrected chi connectivity index (χ3v) is 0.920. The van der Waals surface area contributed by atoms with Gasteiger partial charge in [0.1, 0.15) is 0 Å². The maximum Gasteiger partial charge on any atom is 0.356 e. The Morgan fingerprint density at radius 2 is 2.08 bits per heavy atom. The fraction of sp³-hybridized carbons (Fsp3) is 0.429. The Labute approximate surface area is 75.5 Å². The van der Waals surface area contributed by atoms with E-state index in [4.69, 9.17) is 0 Å². The molecule has 6 nitrogen and oxygen atoms in total. The van der Waals surface area contributed by atoms with Gasteiger partial charge in [0.25, 0.3) is 0 Å². The van der Waals surface area contributed by atoms with E-state index in [0.29, 0.717) is 0 Å². The molecular weight excluding hydrogens is 174 g/mol. The third kappa shape index (κ3) is 6.67. The second-order valence-electron chi connectivity index (χ2n) is 2.08. The number of amides is 2. The minimum atomic E-state index is -0.906. The van der Waals surface area contributed by atoms with Crippen LogP contribution in [0.5, 0.6) is 0 Å². The van der Waals surface area contributed by atoms with E-state index in [1.54, 1.807) is 6.92 Å². The van der Waals surface area contributed by atoms with Crippen molar-refractivity contribution in [3.63, 3.8) is 0 Å². The maximum atomic E-state index is 10.8. The number of ether oxygens (including phenoxy) is 1. The number of rotatable bonds is 3. The van der Waals surface area contributed by atoms with Crippen LogP contribution in [0.15, 0.2) is 22.0 Å². The fourth-order valence-corrected chi connectivity index (χ4v) is 0.511. The molecule has 0 aromatic rings. The van der Waals surface area contributed by atoms with Crippen molar-refractivity contribution >= 4 is 12.0 Å². The van der Waals surface area contributed by atoms with E-state index in [-0.39, 0.29) is 12.3 Å². The first-order valence-electron chi connectivity index (χ1n) is 3.62. The van der Waals surface area contributed by atoms with E-state index in [1.165, 1.54) is 6.92 Å². The molecule has 13 heavy (non-hydrogen) atoms. The number of urea groups is 1. The molecule has 0 aliphatic carbocycles. The number of primary amides is 1. The molecular formula is C7H11N3O3. The van der Waals surface area contributed by atoms with Crippen LogP contribution >= 0.6 is 0 Å². The smallest absolute Gasteiger partial charge is 0.356 e. The van der Waals surface area contributed by atoms with E-state index >= 15 is 0 Å². The van der Waals surface area contributed by atoms with Gasteiger partial charge in [0.15, 0.2) is 0 Å². The van der Waals surface area contributed by atoms with Crippen LogP contribution < -0.4 is 5.73 Å². The summed E-state index contributed by atoms with van der Waals surface area (Å²) in [4.78, 5) is 20.9. The molecule has 72 valence electrons. The lowest BCUT2D eigenvalue weighted by atomic mass is 10.4. The van der Waals surface area contributed by atoms with Gasteiger partial charge in [-0.25, -0.2) is 9.59 Å². The van der Waals surface area contributed by atoms with Crippen molar-refractivity contribution in [2.75, 3.05) is 6.61 Å². The monoisotopic (exact) mass is 185 g/mol. The molecule has 0 aromatic carbocycles. The molecule has 0 spiro atoms. The zero-order valence-electron chi connectivity index (χ0n) is 7.48. The number of hydrogen-bond acceptors (Lipinski definition) is 4. The van der Waals surface area contributed by atoms with Crippen LogP contribution in [0.2, 0.25) is 0 Å². The Kier molecular flexibility index (Phi) is 5.09. The van der Waals surface area contributed by atoms with Gasteiger partial charge in [0.2, 0.25) is 0 Å². The van der Waals surface area contributed by atoms with Crippen LogP contribution in [-0.2, 0) is 9.53 Å². The number of allylic oxidation sites excluding steroid dienone is 1. The van der Waals surface area contributed by atoms with Gasteiger partial charge in [-0.15, -0.1) is 0 Å². The van der Waals surface area contributed by atoms with E-state index in [2.05, 4.69) is 20.7 Å². The van der Waals surface area contributed by atoms with Crippen molar-refractivity contribution in [2.45, 2.75) is 13.8 Å². The highest BCUT2D eigenvalue weighted by atomic mass is 16.5. The number of esters is 1. The lowest BCUT2D eigenvalue weighted by molar-refractivity contribution is -0.137. The summed E-state index contributed by atoms with van der Waals surface area (Å²) in [6, 6.07) is -0.906. The molecule has 0 radical (unpaired) electrons. The van der Waals surface area contributed by atoms with Crippen LogP contribution in [0.1, 0.15) is 13.8 Å². The highest BCUT2D eigenvalue weighted by Crippen LogP contribution is 1.96. The van der Waals surface area contributed by atoms with Crippen molar-refractivity contribution in [3.8, 4) is 0 Å². The minimum Gasteiger partial charge on any atom is -0.463 e. The quantitative estimate of drug-likeness (QED) is 0.403. The number of azo groups is 1. The number of carbonyl (C=O) groups is 2. The van der Waals surface area contributed by atoms with E-state index < -0.39 is 12.0 Å². The summed E-state index contributed by atoms with van der Waals surface area (Å²) in [5.41, 5.74) is 4.95. The Morgan fingerprint density at radius 1 is 1.46 bits per heavy atom. The number of nitrogens with zero attached hydrogens (tertiary/aromatic N) is 2. The van der Waals surface area contributed by atoms with Gasteiger partial charge in [0.05, 0.1) is 12.3 Å². The summed E-state index contributed by atoms with van der Waals surface area (Å²) in [6.07, 6.45) is 1.12. The Bertz CT molecular complexity index is 258. The van der Waals surface area contributed by atoms with Crippen molar-refractivity contribution in [2.24, 2.45) is 16.0 Å². The molecule has 0 aromatic heterocycles. The number of nitrogens with two attached hydrogens (primary N) is 1. The molecule has 0 unspecified atom stereocenters. The summed E-state index contributed by atoms with van der Waals surface area (Å²) >= 11 is 0. The van der Waals surface area contributed by atoms with Crippen LogP contribution in [0.25, 0.3) is 0 Å². The Hall–Kier alpha value is -1.72. The maximum absolute atomic E-state index is 10.8. The summed E-state index contributed by atoms with van der Waals surface area (Å²) in [7, 11) is 0. The molecule has 0 bridgehead atoms. The molecule has 0 fully saturated rings. The number of hydrogen-bond donors (Lipinski definition) is 1. The van der Waals surface area contributed by atoms with E-state index in [0.717, 1.165) is 6.08 Å². The summed E-state index contributed by atoms with van der Waals surface area (Å²) in [5, 5.41) is 6.38. The zero-order valence-corrected chi connectivity index (χ0v) is 7.48. The van der Waals surface area contributed by atoms with Gasteiger partial charge in [-0.3, -0.25) is 0 Å². The zero-order chi connectivity index (χ0) is 10.3. The second kappa shape index (κ2) is 5.87. The largest absolute Gasteiger partial charge is 0.463 e. The van der Waals surface area contributed by atoms with Gasteiger partial charge >= 0.3 is 12.0 Å². The van der Waals surface area contributed by atoms with Gasteiger partial charge in [0, 0.05) is 6.08 Å². The van der Waals surface area contributed by atoms with Gasteiger partial charge in [-0.2, -0.15) is 5.11 Å². The standard InChI is InChI=1S/C7H11N3O3/c1-3-13-6(11)4-5(2)9-10-7(8)12/h4H,3H2,1-2H3,(H2,8,12). The lowest BCUT2D eigenvalue weighted by Gasteiger charge is -1.94. The topological polar surface area (TPSA) is 94.1 Å². The minimum absolute atomic E-state index is 0.261. The SMILES string of the molecule is CCOC(=O)C=C(C)N=NC(N)=O. The molecule has 0 saturated carbocycles. The molecule has 0 saturated heterocycles. The van der Waals surface area contributed by atoms with Crippen molar-refractivity contribution in [3.05, 3.63) is 11.8 Å². The van der Waals surface area contributed by atoms with Gasteiger partial charge in [-0.1, -0.05) is 5.11 Å². The van der Waals surface area contributed by atoms with E-state index in [1.807, 2.05) is 0 Å². The molecule has 0 heterocycles. The van der Waals surface area contributed by atoms with Crippen LogP contribution in [0.3, 0.4) is 0 Å².